The van der Waals surface area contributed by atoms with E-state index in [1.54, 1.807) is 0 Å². The minimum Gasteiger partial charge on any atom is -0.494 e. The number of unbranched alkanes of at least 4 members (excludes halogenated alkanes) is 1. The summed E-state index contributed by atoms with van der Waals surface area (Å²) in [6.07, 6.45) is 2.21. The second-order valence-electron chi connectivity index (χ2n) is 4.64. The van der Waals surface area contributed by atoms with Crippen LogP contribution in [0.2, 0.25) is 0 Å². The van der Waals surface area contributed by atoms with E-state index in [4.69, 9.17) is 22.7 Å². The lowest BCUT2D eigenvalue weighted by atomic mass is 10.00. The van der Waals surface area contributed by atoms with Crippen molar-refractivity contribution in [1.82, 2.24) is 0 Å². The molecule has 0 heterocycles. The van der Waals surface area contributed by atoms with Gasteiger partial charge in [-0.3, -0.25) is 0 Å². The van der Waals surface area contributed by atoms with Crippen LogP contribution in [-0.4, -0.2) is 11.6 Å². The maximum atomic E-state index is 5.77. The summed E-state index contributed by atoms with van der Waals surface area (Å²) >= 11 is 5.10. The summed E-state index contributed by atoms with van der Waals surface area (Å²) in [4.78, 5) is 0.420. The van der Waals surface area contributed by atoms with E-state index >= 15 is 0 Å². The van der Waals surface area contributed by atoms with Gasteiger partial charge in [0.05, 0.1) is 6.61 Å². The first-order chi connectivity index (χ1) is 9.72. The summed E-state index contributed by atoms with van der Waals surface area (Å²) in [6.45, 7) is 2.92. The van der Waals surface area contributed by atoms with Crippen molar-refractivity contribution in [3.63, 3.8) is 0 Å². The van der Waals surface area contributed by atoms with Gasteiger partial charge in [0.25, 0.3) is 0 Å². The molecule has 2 rings (SSSR count). The Labute approximate surface area is 125 Å². The summed E-state index contributed by atoms with van der Waals surface area (Å²) in [5, 5.41) is 0. The summed E-state index contributed by atoms with van der Waals surface area (Å²) < 4.78 is 5.66. The van der Waals surface area contributed by atoms with E-state index in [1.165, 1.54) is 0 Å². The summed E-state index contributed by atoms with van der Waals surface area (Å²) in [5.41, 5.74) is 8.82. The molecule has 0 bridgehead atoms. The standard InChI is InChI=1S/C17H19NOS/c1-2-3-12-19-14-10-8-13(9-11-14)15-6-4-5-7-16(15)17(18)20/h4-11H,2-3,12H2,1H3,(H2,18,20). The van der Waals surface area contributed by atoms with Crippen LogP contribution in [-0.2, 0) is 0 Å². The molecule has 0 amide bonds. The fourth-order valence-corrected chi connectivity index (χ4v) is 2.19. The van der Waals surface area contributed by atoms with Crippen LogP contribution in [0.25, 0.3) is 11.1 Å². The molecule has 0 saturated heterocycles. The number of thiocarbonyl (C=S) groups is 1. The van der Waals surface area contributed by atoms with Gasteiger partial charge in [0, 0.05) is 5.56 Å². The Kier molecular flexibility index (Phi) is 5.13. The van der Waals surface area contributed by atoms with Crippen LogP contribution in [0.5, 0.6) is 5.75 Å². The number of nitrogens with two attached hydrogens (primary N) is 1. The largest absolute Gasteiger partial charge is 0.494 e. The molecule has 3 heteroatoms. The smallest absolute Gasteiger partial charge is 0.119 e. The van der Waals surface area contributed by atoms with Crippen molar-refractivity contribution < 1.29 is 4.74 Å². The molecule has 20 heavy (non-hydrogen) atoms. The molecule has 0 unspecified atom stereocenters. The highest BCUT2D eigenvalue weighted by Crippen LogP contribution is 2.25. The highest BCUT2D eigenvalue weighted by Gasteiger charge is 2.06. The zero-order valence-corrected chi connectivity index (χ0v) is 12.5. The van der Waals surface area contributed by atoms with E-state index in [-0.39, 0.29) is 0 Å². The quantitative estimate of drug-likeness (QED) is 0.639. The van der Waals surface area contributed by atoms with E-state index in [2.05, 4.69) is 6.92 Å². The fourth-order valence-electron chi connectivity index (χ4n) is 2.01. The van der Waals surface area contributed by atoms with Crippen molar-refractivity contribution in [2.75, 3.05) is 6.61 Å². The molecule has 0 fully saturated rings. The topological polar surface area (TPSA) is 35.2 Å². The number of ether oxygens (including phenoxy) is 1. The third-order valence-electron chi connectivity index (χ3n) is 3.12. The molecule has 0 aromatic heterocycles. The molecule has 104 valence electrons. The average molecular weight is 285 g/mol. The predicted octanol–water partition coefficient (Wildman–Crippen LogP) is 4.17. The Balaban J connectivity index is 2.20. The van der Waals surface area contributed by atoms with Crippen LogP contribution in [0, 0.1) is 0 Å². The molecule has 2 aromatic rings. The molecule has 0 spiro atoms. The molecule has 0 aliphatic heterocycles. The Morgan fingerprint density at radius 3 is 2.45 bits per heavy atom. The second kappa shape index (κ2) is 7.06. The average Bonchev–Trinajstić information content (AvgIpc) is 2.48. The number of benzene rings is 2. The van der Waals surface area contributed by atoms with Crippen molar-refractivity contribution in [3.8, 4) is 16.9 Å². The zero-order valence-electron chi connectivity index (χ0n) is 11.6. The monoisotopic (exact) mass is 285 g/mol. The lowest BCUT2D eigenvalue weighted by molar-refractivity contribution is 0.309. The van der Waals surface area contributed by atoms with Crippen LogP contribution in [0.1, 0.15) is 25.3 Å². The minimum absolute atomic E-state index is 0.420. The van der Waals surface area contributed by atoms with Crippen molar-refractivity contribution >= 4 is 17.2 Å². The second-order valence-corrected chi connectivity index (χ2v) is 5.08. The zero-order chi connectivity index (χ0) is 14.4. The molecule has 2 N–H and O–H groups in total. The van der Waals surface area contributed by atoms with Crippen LogP contribution < -0.4 is 10.5 Å². The van der Waals surface area contributed by atoms with E-state index in [1.807, 2.05) is 48.5 Å². The van der Waals surface area contributed by atoms with Crippen LogP contribution in [0.4, 0.5) is 0 Å². The van der Waals surface area contributed by atoms with Gasteiger partial charge < -0.3 is 10.5 Å². The van der Waals surface area contributed by atoms with Gasteiger partial charge in [-0.05, 0) is 29.7 Å². The predicted molar refractivity (Wildman–Crippen MR) is 88.2 cm³/mol. The number of rotatable bonds is 6. The van der Waals surface area contributed by atoms with Gasteiger partial charge in [0.15, 0.2) is 0 Å². The van der Waals surface area contributed by atoms with Crippen molar-refractivity contribution in [2.45, 2.75) is 19.8 Å². The Morgan fingerprint density at radius 1 is 1.10 bits per heavy atom. The number of hydrogen-bond donors (Lipinski definition) is 1. The van der Waals surface area contributed by atoms with E-state index < -0.39 is 0 Å². The van der Waals surface area contributed by atoms with Gasteiger partial charge in [-0.2, -0.15) is 0 Å². The highest BCUT2D eigenvalue weighted by molar-refractivity contribution is 7.80. The van der Waals surface area contributed by atoms with Gasteiger partial charge in [-0.25, -0.2) is 0 Å². The van der Waals surface area contributed by atoms with Gasteiger partial charge in [0.1, 0.15) is 10.7 Å². The van der Waals surface area contributed by atoms with Gasteiger partial charge in [-0.15, -0.1) is 0 Å². The molecule has 0 aliphatic carbocycles. The fraction of sp³-hybridized carbons (Fsp3) is 0.235. The van der Waals surface area contributed by atoms with Crippen LogP contribution in [0.3, 0.4) is 0 Å². The van der Waals surface area contributed by atoms with Crippen molar-refractivity contribution in [2.24, 2.45) is 5.73 Å². The molecule has 0 atom stereocenters. The Morgan fingerprint density at radius 2 is 1.80 bits per heavy atom. The normalized spacial score (nSPS) is 10.2. The van der Waals surface area contributed by atoms with Crippen LogP contribution >= 0.6 is 12.2 Å². The maximum absolute atomic E-state index is 5.77. The third-order valence-corrected chi connectivity index (χ3v) is 3.34. The summed E-state index contributed by atoms with van der Waals surface area (Å²) in [5.74, 6) is 0.898. The lowest BCUT2D eigenvalue weighted by Gasteiger charge is -2.10. The first kappa shape index (κ1) is 14.5. The maximum Gasteiger partial charge on any atom is 0.119 e. The van der Waals surface area contributed by atoms with Crippen LogP contribution in [0.15, 0.2) is 48.5 Å². The Hall–Kier alpha value is -1.87. The molecular weight excluding hydrogens is 266 g/mol. The summed E-state index contributed by atoms with van der Waals surface area (Å²) in [6, 6.07) is 16.0. The molecule has 0 saturated carbocycles. The van der Waals surface area contributed by atoms with Gasteiger partial charge in [0.2, 0.25) is 0 Å². The van der Waals surface area contributed by atoms with E-state index in [0.717, 1.165) is 41.9 Å². The first-order valence-electron chi connectivity index (χ1n) is 6.84. The molecule has 0 radical (unpaired) electrons. The molecule has 2 aromatic carbocycles. The highest BCUT2D eigenvalue weighted by atomic mass is 32.1. The van der Waals surface area contributed by atoms with Crippen molar-refractivity contribution in [1.29, 1.82) is 0 Å². The molecular formula is C17H19NOS. The molecule has 2 nitrogen and oxygen atoms in total. The lowest BCUT2D eigenvalue weighted by Crippen LogP contribution is -2.10. The van der Waals surface area contributed by atoms with Crippen molar-refractivity contribution in [3.05, 3.63) is 54.1 Å². The summed E-state index contributed by atoms with van der Waals surface area (Å²) in [7, 11) is 0. The first-order valence-corrected chi connectivity index (χ1v) is 7.25. The third kappa shape index (κ3) is 3.58. The Bertz CT molecular complexity index is 578. The van der Waals surface area contributed by atoms with Gasteiger partial charge >= 0.3 is 0 Å². The molecule has 0 aliphatic rings. The van der Waals surface area contributed by atoms with Gasteiger partial charge in [-0.1, -0.05) is 62.0 Å². The minimum atomic E-state index is 0.420. The SMILES string of the molecule is CCCCOc1ccc(-c2ccccc2C(N)=S)cc1. The van der Waals surface area contributed by atoms with E-state index in [0.29, 0.717) is 4.99 Å². The van der Waals surface area contributed by atoms with E-state index in [9.17, 15) is 0 Å². The number of hydrogen-bond acceptors (Lipinski definition) is 2.